The van der Waals surface area contributed by atoms with Crippen molar-refractivity contribution in [3.05, 3.63) is 22.2 Å². The third kappa shape index (κ3) is 3.37. The average Bonchev–Trinajstić information content (AvgIpc) is 2.53. The van der Waals surface area contributed by atoms with Crippen LogP contribution in [0.4, 0.5) is 11.5 Å². The summed E-state index contributed by atoms with van der Waals surface area (Å²) in [5.41, 5.74) is 5.67. The summed E-state index contributed by atoms with van der Waals surface area (Å²) in [6, 6.07) is 3.17. The second-order valence-electron chi connectivity index (χ2n) is 6.22. The van der Waals surface area contributed by atoms with Gasteiger partial charge in [0, 0.05) is 24.6 Å². The van der Waals surface area contributed by atoms with Crippen LogP contribution in [0.25, 0.3) is 0 Å². The predicted octanol–water partition coefficient (Wildman–Crippen LogP) is 1.33. The number of nitrogens with two attached hydrogens (primary N) is 1. The molecule has 0 saturated carbocycles. The van der Waals surface area contributed by atoms with Crippen LogP contribution in [0, 0.1) is 15.5 Å². The van der Waals surface area contributed by atoms with Gasteiger partial charge in [-0.2, -0.15) is 4.98 Å². The smallest absolute Gasteiger partial charge is 0.331 e. The molecule has 0 amide bonds. The van der Waals surface area contributed by atoms with Gasteiger partial charge in [-0.15, -0.1) is 0 Å². The number of aromatic nitrogens is 1. The van der Waals surface area contributed by atoms with Crippen LogP contribution in [0.2, 0.25) is 0 Å². The van der Waals surface area contributed by atoms with Crippen LogP contribution in [-0.2, 0) is 4.74 Å². The first-order valence-corrected chi connectivity index (χ1v) is 7.95. The summed E-state index contributed by atoms with van der Waals surface area (Å²) in [6.45, 7) is 4.27. The van der Waals surface area contributed by atoms with Gasteiger partial charge in [0.1, 0.15) is 5.82 Å². The van der Waals surface area contributed by atoms with Crippen LogP contribution >= 0.6 is 0 Å². The lowest BCUT2D eigenvalue weighted by Crippen LogP contribution is -2.51. The van der Waals surface area contributed by atoms with Crippen LogP contribution in [-0.4, -0.2) is 49.4 Å². The lowest BCUT2D eigenvalue weighted by atomic mass is 9.77. The van der Waals surface area contributed by atoms with Gasteiger partial charge in [0.15, 0.2) is 0 Å². The first kappa shape index (κ1) is 15.9. The van der Waals surface area contributed by atoms with E-state index in [0.717, 1.165) is 45.0 Å². The number of rotatable bonds is 6. The SMILES string of the molecule is NCCCOc1nc(N2CCC3(CC2)COC3)ccc1[N+](=O)[O-]. The molecule has 0 atom stereocenters. The number of anilines is 1. The molecule has 0 aromatic carbocycles. The highest BCUT2D eigenvalue weighted by atomic mass is 16.6. The van der Waals surface area contributed by atoms with Crippen LogP contribution < -0.4 is 15.4 Å². The van der Waals surface area contributed by atoms with E-state index in [1.807, 2.05) is 0 Å². The van der Waals surface area contributed by atoms with Crippen molar-refractivity contribution in [2.75, 3.05) is 44.4 Å². The molecule has 2 aliphatic heterocycles. The minimum absolute atomic E-state index is 0.0771. The first-order valence-electron chi connectivity index (χ1n) is 7.95. The van der Waals surface area contributed by atoms with Crippen LogP contribution in [0.1, 0.15) is 19.3 Å². The van der Waals surface area contributed by atoms with Crippen molar-refractivity contribution in [2.24, 2.45) is 11.1 Å². The Balaban J connectivity index is 1.71. The van der Waals surface area contributed by atoms with Crippen molar-refractivity contribution >= 4 is 11.5 Å². The molecule has 2 fully saturated rings. The Labute approximate surface area is 134 Å². The van der Waals surface area contributed by atoms with Gasteiger partial charge < -0.3 is 20.1 Å². The van der Waals surface area contributed by atoms with Gasteiger partial charge in [-0.05, 0) is 31.9 Å². The molecule has 2 aliphatic rings. The normalized spacial score (nSPS) is 19.4. The van der Waals surface area contributed by atoms with E-state index in [1.54, 1.807) is 6.07 Å². The Kier molecular flexibility index (Phi) is 4.63. The van der Waals surface area contributed by atoms with E-state index >= 15 is 0 Å². The molecule has 126 valence electrons. The van der Waals surface area contributed by atoms with Gasteiger partial charge in [0.2, 0.25) is 0 Å². The van der Waals surface area contributed by atoms with Gasteiger partial charge in [0.25, 0.3) is 5.88 Å². The molecular formula is C15H22N4O4. The number of nitrogens with zero attached hydrogens (tertiary/aromatic N) is 3. The molecule has 8 nitrogen and oxygen atoms in total. The fraction of sp³-hybridized carbons (Fsp3) is 0.667. The van der Waals surface area contributed by atoms with Crippen molar-refractivity contribution < 1.29 is 14.4 Å². The Morgan fingerprint density at radius 2 is 2.13 bits per heavy atom. The molecule has 2 saturated heterocycles. The van der Waals surface area contributed by atoms with Crippen LogP contribution in [0.15, 0.2) is 12.1 Å². The fourth-order valence-corrected chi connectivity index (χ4v) is 2.99. The molecule has 3 heterocycles. The van der Waals surface area contributed by atoms with E-state index in [4.69, 9.17) is 15.2 Å². The van der Waals surface area contributed by atoms with Gasteiger partial charge in [-0.1, -0.05) is 0 Å². The molecule has 1 aromatic heterocycles. The number of ether oxygens (including phenoxy) is 2. The second kappa shape index (κ2) is 6.67. The maximum atomic E-state index is 11.1. The third-order valence-electron chi connectivity index (χ3n) is 4.57. The third-order valence-corrected chi connectivity index (χ3v) is 4.57. The van der Waals surface area contributed by atoms with Crippen molar-refractivity contribution in [2.45, 2.75) is 19.3 Å². The Morgan fingerprint density at radius 1 is 1.39 bits per heavy atom. The van der Waals surface area contributed by atoms with E-state index in [9.17, 15) is 10.1 Å². The molecule has 0 bridgehead atoms. The standard InChI is InChI=1S/C15H22N4O4/c16-6-1-9-23-14-12(19(20)21)2-3-13(17-14)18-7-4-15(5-8-18)10-22-11-15/h2-3H,1,4-11,16H2. The van der Waals surface area contributed by atoms with E-state index in [-0.39, 0.29) is 11.6 Å². The zero-order valence-electron chi connectivity index (χ0n) is 13.1. The van der Waals surface area contributed by atoms with E-state index in [2.05, 4.69) is 9.88 Å². The molecular weight excluding hydrogens is 300 g/mol. The van der Waals surface area contributed by atoms with Crippen molar-refractivity contribution in [3.63, 3.8) is 0 Å². The topological polar surface area (TPSA) is 104 Å². The summed E-state index contributed by atoms with van der Waals surface area (Å²) in [6.07, 6.45) is 2.76. The largest absolute Gasteiger partial charge is 0.473 e. The molecule has 1 spiro atoms. The highest BCUT2D eigenvalue weighted by Gasteiger charge is 2.41. The summed E-state index contributed by atoms with van der Waals surface area (Å²) in [4.78, 5) is 17.2. The van der Waals surface area contributed by atoms with Crippen molar-refractivity contribution in [3.8, 4) is 5.88 Å². The molecule has 0 aliphatic carbocycles. The van der Waals surface area contributed by atoms with E-state index in [0.29, 0.717) is 25.0 Å². The number of piperidine rings is 1. The Hall–Kier alpha value is -1.93. The predicted molar refractivity (Wildman–Crippen MR) is 84.8 cm³/mol. The summed E-state index contributed by atoms with van der Waals surface area (Å²) in [5.74, 6) is 0.807. The van der Waals surface area contributed by atoms with Crippen LogP contribution in [0.5, 0.6) is 5.88 Å². The van der Waals surface area contributed by atoms with Crippen molar-refractivity contribution in [1.29, 1.82) is 0 Å². The van der Waals surface area contributed by atoms with E-state index < -0.39 is 4.92 Å². The summed E-state index contributed by atoms with van der Waals surface area (Å²) in [7, 11) is 0. The van der Waals surface area contributed by atoms with Crippen LogP contribution in [0.3, 0.4) is 0 Å². The number of hydrogen-bond acceptors (Lipinski definition) is 7. The Morgan fingerprint density at radius 3 is 2.70 bits per heavy atom. The fourth-order valence-electron chi connectivity index (χ4n) is 2.99. The maximum absolute atomic E-state index is 11.1. The highest BCUT2D eigenvalue weighted by molar-refractivity contribution is 5.50. The molecule has 8 heteroatoms. The molecule has 0 unspecified atom stereocenters. The number of nitro groups is 1. The molecule has 1 aromatic rings. The Bertz CT molecular complexity index is 567. The number of hydrogen-bond donors (Lipinski definition) is 1. The first-order chi connectivity index (χ1) is 11.1. The van der Waals surface area contributed by atoms with Gasteiger partial charge in [-0.3, -0.25) is 10.1 Å². The zero-order valence-corrected chi connectivity index (χ0v) is 13.1. The van der Waals surface area contributed by atoms with E-state index in [1.165, 1.54) is 6.07 Å². The summed E-state index contributed by atoms with van der Waals surface area (Å²) >= 11 is 0. The monoisotopic (exact) mass is 322 g/mol. The lowest BCUT2D eigenvalue weighted by molar-refractivity contribution is -0.386. The van der Waals surface area contributed by atoms with Gasteiger partial charge in [-0.25, -0.2) is 0 Å². The molecule has 23 heavy (non-hydrogen) atoms. The highest BCUT2D eigenvalue weighted by Crippen LogP contribution is 2.39. The summed E-state index contributed by atoms with van der Waals surface area (Å²) < 4.78 is 10.8. The lowest BCUT2D eigenvalue weighted by Gasteiger charge is -2.47. The summed E-state index contributed by atoms with van der Waals surface area (Å²) in [5, 5.41) is 11.1. The van der Waals surface area contributed by atoms with Crippen molar-refractivity contribution in [1.82, 2.24) is 4.98 Å². The minimum atomic E-state index is -0.467. The molecule has 0 radical (unpaired) electrons. The average molecular weight is 322 g/mol. The van der Waals surface area contributed by atoms with Gasteiger partial charge >= 0.3 is 5.69 Å². The minimum Gasteiger partial charge on any atom is -0.473 e. The number of pyridine rings is 1. The quantitative estimate of drug-likeness (QED) is 0.478. The molecule has 2 N–H and O–H groups in total. The van der Waals surface area contributed by atoms with Gasteiger partial charge in [0.05, 0.1) is 24.7 Å². The maximum Gasteiger partial charge on any atom is 0.331 e. The zero-order chi connectivity index (χ0) is 16.3. The second-order valence-corrected chi connectivity index (χ2v) is 6.22. The molecule has 3 rings (SSSR count).